The molecule has 0 N–H and O–H groups in total. The monoisotopic (exact) mass is 246 g/mol. The van der Waals surface area contributed by atoms with E-state index in [9.17, 15) is 29.4 Å². The molecule has 0 spiro atoms. The Balaban J connectivity index is -0.000000174. The van der Waals surface area contributed by atoms with Gasteiger partial charge >= 0.3 is 0 Å². The highest BCUT2D eigenvalue weighted by Crippen LogP contribution is 1.84. The Labute approximate surface area is 101 Å². The first-order valence-corrected chi connectivity index (χ1v) is 4.99. The van der Waals surface area contributed by atoms with Crippen molar-refractivity contribution in [2.24, 2.45) is 11.8 Å². The number of aldehydes is 2. The molecule has 100 valence electrons. The number of hydrogen-bond acceptors (Lipinski definition) is 6. The number of aliphatic carboxylic acids is 2. The summed E-state index contributed by atoms with van der Waals surface area (Å²) in [6.45, 7) is 6.31. The molecule has 0 aliphatic heterocycles. The molecule has 0 aliphatic rings. The lowest BCUT2D eigenvalue weighted by Crippen LogP contribution is -2.27. The van der Waals surface area contributed by atoms with Crippen LogP contribution in [0.4, 0.5) is 0 Å². The van der Waals surface area contributed by atoms with Crippen LogP contribution in [0.1, 0.15) is 34.1 Å². The molecule has 0 atom stereocenters. The van der Waals surface area contributed by atoms with Crippen LogP contribution in [0.5, 0.6) is 0 Å². The van der Waals surface area contributed by atoms with E-state index >= 15 is 0 Å². The zero-order valence-electron chi connectivity index (χ0n) is 10.5. The van der Waals surface area contributed by atoms with Gasteiger partial charge < -0.3 is 29.4 Å². The molecule has 0 fully saturated rings. The molecule has 6 heteroatoms. The summed E-state index contributed by atoms with van der Waals surface area (Å²) >= 11 is 0. The first kappa shape index (κ1) is 20.7. The maximum Gasteiger partial charge on any atom is 0.127 e. The highest BCUT2D eigenvalue weighted by Gasteiger charge is 1.87. The third-order valence-corrected chi connectivity index (χ3v) is 1.14. The van der Waals surface area contributed by atoms with Crippen molar-refractivity contribution in [2.45, 2.75) is 34.1 Å². The molecule has 0 saturated carbocycles. The largest absolute Gasteiger partial charge is 0.550 e. The highest BCUT2D eigenvalue weighted by molar-refractivity contribution is 5.72. The Kier molecular flexibility index (Phi) is 17.4. The first-order valence-electron chi connectivity index (χ1n) is 4.99. The number of carbonyl (C=O) groups is 4. The summed E-state index contributed by atoms with van der Waals surface area (Å²) in [4.78, 5) is 37.5. The molecule has 0 aromatic rings. The van der Waals surface area contributed by atoms with Crippen LogP contribution >= 0.6 is 0 Å². The minimum Gasteiger partial charge on any atom is -0.550 e. The van der Waals surface area contributed by atoms with E-state index in [1.807, 2.05) is 0 Å². The Morgan fingerprint density at radius 2 is 1.06 bits per heavy atom. The molecule has 0 rings (SSSR count). The van der Waals surface area contributed by atoms with Crippen molar-refractivity contribution in [3.8, 4) is 0 Å². The Morgan fingerprint density at radius 3 is 1.06 bits per heavy atom. The molecular formula is C11H18O6-2. The molecule has 0 aromatic carbocycles. The van der Waals surface area contributed by atoms with E-state index in [0.29, 0.717) is 12.6 Å². The van der Waals surface area contributed by atoms with Crippen molar-refractivity contribution >= 4 is 24.5 Å². The fourth-order valence-electron chi connectivity index (χ4n) is 0.0393. The minimum absolute atomic E-state index is 0.0278. The standard InChI is InChI=1S/2C4H8O2.C3H4O2/c2*1-3(2)4(5)6;4-2-1-3-5/h2*3H,1-2H3,(H,5,6);2-3H,1H2/p-2. The fourth-order valence-corrected chi connectivity index (χ4v) is 0.0393. The van der Waals surface area contributed by atoms with Crippen molar-refractivity contribution < 1.29 is 29.4 Å². The molecule has 0 aromatic heterocycles. The van der Waals surface area contributed by atoms with Gasteiger partial charge in [-0.25, -0.2) is 0 Å². The molecule has 6 nitrogen and oxygen atoms in total. The summed E-state index contributed by atoms with van der Waals surface area (Å²) in [5.74, 6) is -2.67. The fraction of sp³-hybridized carbons (Fsp3) is 0.636. The molecule has 0 amide bonds. The van der Waals surface area contributed by atoms with E-state index in [4.69, 9.17) is 0 Å². The van der Waals surface area contributed by atoms with E-state index < -0.39 is 11.9 Å². The van der Waals surface area contributed by atoms with Crippen LogP contribution < -0.4 is 10.2 Å². The lowest BCUT2D eigenvalue weighted by molar-refractivity contribution is -0.311. The van der Waals surface area contributed by atoms with Gasteiger partial charge in [-0.3, -0.25) is 0 Å². The zero-order valence-corrected chi connectivity index (χ0v) is 10.5. The van der Waals surface area contributed by atoms with Crippen molar-refractivity contribution in [1.29, 1.82) is 0 Å². The number of carboxylic acid groups (broad SMARTS) is 2. The van der Waals surface area contributed by atoms with Gasteiger partial charge in [-0.1, -0.05) is 27.7 Å². The van der Waals surface area contributed by atoms with E-state index in [2.05, 4.69) is 0 Å². The number of carboxylic acids is 2. The lowest BCUT2D eigenvalue weighted by Gasteiger charge is -2.01. The van der Waals surface area contributed by atoms with E-state index in [-0.39, 0.29) is 18.3 Å². The van der Waals surface area contributed by atoms with Gasteiger partial charge in [0.1, 0.15) is 12.6 Å². The molecule has 0 unspecified atom stereocenters. The number of rotatable bonds is 4. The minimum atomic E-state index is -0.991. The summed E-state index contributed by atoms with van der Waals surface area (Å²) in [6.07, 6.45) is 1.15. The molecular weight excluding hydrogens is 228 g/mol. The van der Waals surface area contributed by atoms with Gasteiger partial charge in [0.05, 0.1) is 6.42 Å². The number of carbonyl (C=O) groups excluding carboxylic acids is 4. The summed E-state index contributed by atoms with van der Waals surface area (Å²) in [7, 11) is 0. The quantitative estimate of drug-likeness (QED) is 0.443. The van der Waals surface area contributed by atoms with Crippen LogP contribution in [-0.4, -0.2) is 24.5 Å². The first-order chi connectivity index (χ1) is 7.70. The molecule has 0 saturated heterocycles. The van der Waals surface area contributed by atoms with Crippen LogP contribution in [0, 0.1) is 11.8 Å². The lowest BCUT2D eigenvalue weighted by atomic mass is 10.2. The average molecular weight is 246 g/mol. The van der Waals surface area contributed by atoms with Crippen molar-refractivity contribution in [2.75, 3.05) is 0 Å². The molecule has 0 radical (unpaired) electrons. The summed E-state index contributed by atoms with van der Waals surface area (Å²) in [6, 6.07) is 0. The average Bonchev–Trinajstić information content (AvgIpc) is 2.20. The maximum atomic E-state index is 9.59. The third-order valence-electron chi connectivity index (χ3n) is 1.14. The van der Waals surface area contributed by atoms with Gasteiger partial charge in [-0.05, 0) is 11.8 Å². The van der Waals surface area contributed by atoms with Gasteiger partial charge in [0.2, 0.25) is 0 Å². The zero-order chi connectivity index (χ0) is 14.4. The summed E-state index contributed by atoms with van der Waals surface area (Å²) < 4.78 is 0. The van der Waals surface area contributed by atoms with Crippen LogP contribution in [0.15, 0.2) is 0 Å². The predicted octanol–water partition coefficient (Wildman–Crippen LogP) is -1.44. The molecule has 0 bridgehead atoms. The second kappa shape index (κ2) is 14.3. The van der Waals surface area contributed by atoms with Crippen molar-refractivity contribution in [3.05, 3.63) is 0 Å². The second-order valence-electron chi connectivity index (χ2n) is 3.52. The van der Waals surface area contributed by atoms with Crippen LogP contribution in [-0.2, 0) is 19.2 Å². The summed E-state index contributed by atoms with van der Waals surface area (Å²) in [5.41, 5.74) is 0. The van der Waals surface area contributed by atoms with Gasteiger partial charge in [0, 0.05) is 11.9 Å². The van der Waals surface area contributed by atoms with Crippen molar-refractivity contribution in [1.82, 2.24) is 0 Å². The van der Waals surface area contributed by atoms with E-state index in [1.54, 1.807) is 27.7 Å². The summed E-state index contributed by atoms with van der Waals surface area (Å²) in [5, 5.41) is 19.2. The van der Waals surface area contributed by atoms with Gasteiger partial charge in [-0.2, -0.15) is 0 Å². The predicted molar refractivity (Wildman–Crippen MR) is 56.4 cm³/mol. The molecule has 0 aliphatic carbocycles. The highest BCUT2D eigenvalue weighted by atomic mass is 16.4. The Bertz CT molecular complexity index is 208. The second-order valence-corrected chi connectivity index (χ2v) is 3.52. The Hall–Kier alpha value is -1.72. The van der Waals surface area contributed by atoms with Crippen LogP contribution in [0.3, 0.4) is 0 Å². The number of hydrogen-bond donors (Lipinski definition) is 0. The Morgan fingerprint density at radius 1 is 0.882 bits per heavy atom. The third kappa shape index (κ3) is 31.4. The van der Waals surface area contributed by atoms with Crippen LogP contribution in [0.2, 0.25) is 0 Å². The van der Waals surface area contributed by atoms with Gasteiger partial charge in [0.15, 0.2) is 0 Å². The molecule has 0 heterocycles. The SMILES string of the molecule is CC(C)C(=O)[O-].CC(C)C(=O)[O-].O=CCC=O. The van der Waals surface area contributed by atoms with Gasteiger partial charge in [0.25, 0.3) is 0 Å². The van der Waals surface area contributed by atoms with Crippen LogP contribution in [0.25, 0.3) is 0 Å². The topological polar surface area (TPSA) is 114 Å². The normalized spacial score (nSPS) is 8.35. The van der Waals surface area contributed by atoms with E-state index in [1.165, 1.54) is 0 Å². The van der Waals surface area contributed by atoms with Crippen molar-refractivity contribution in [3.63, 3.8) is 0 Å². The molecule has 17 heavy (non-hydrogen) atoms. The maximum absolute atomic E-state index is 9.59. The van der Waals surface area contributed by atoms with E-state index in [0.717, 1.165) is 0 Å². The smallest absolute Gasteiger partial charge is 0.127 e. The van der Waals surface area contributed by atoms with Gasteiger partial charge in [-0.15, -0.1) is 0 Å².